The zero-order chi connectivity index (χ0) is 16.3. The minimum absolute atomic E-state index is 0.318. The van der Waals surface area contributed by atoms with E-state index in [4.69, 9.17) is 0 Å². The summed E-state index contributed by atoms with van der Waals surface area (Å²) in [6, 6.07) is 0. The molecule has 0 bridgehead atoms. The van der Waals surface area contributed by atoms with Crippen molar-refractivity contribution in [3.05, 3.63) is 12.7 Å². The van der Waals surface area contributed by atoms with Crippen molar-refractivity contribution >= 4 is 5.84 Å². The van der Waals surface area contributed by atoms with Gasteiger partial charge in [0.05, 0.1) is 13.1 Å². The zero-order valence-electron chi connectivity index (χ0n) is 14.9. The van der Waals surface area contributed by atoms with Gasteiger partial charge in [-0.25, -0.2) is 4.99 Å². The van der Waals surface area contributed by atoms with Crippen LogP contribution in [-0.4, -0.2) is 41.3 Å². The van der Waals surface area contributed by atoms with Gasteiger partial charge in [0.15, 0.2) is 6.23 Å². The quantitative estimate of drug-likeness (QED) is 0.299. The maximum absolute atomic E-state index is 10.1. The molecular formula is C19H37N2O+. The summed E-state index contributed by atoms with van der Waals surface area (Å²) in [6.07, 6.45) is 14.6. The highest BCUT2D eigenvalue weighted by molar-refractivity contribution is 5.76. The molecule has 0 amide bonds. The van der Waals surface area contributed by atoms with Gasteiger partial charge in [-0.15, -0.1) is 6.58 Å². The molecule has 2 unspecified atom stereocenters. The first-order valence-corrected chi connectivity index (χ1v) is 9.37. The van der Waals surface area contributed by atoms with E-state index < -0.39 is 0 Å². The molecule has 3 nitrogen and oxygen atoms in total. The molecule has 128 valence electrons. The van der Waals surface area contributed by atoms with Gasteiger partial charge >= 0.3 is 0 Å². The van der Waals surface area contributed by atoms with Crippen LogP contribution in [0.15, 0.2) is 17.6 Å². The maximum Gasteiger partial charge on any atom is 0.200 e. The van der Waals surface area contributed by atoms with Crippen molar-refractivity contribution in [2.75, 3.05) is 19.6 Å². The van der Waals surface area contributed by atoms with Crippen LogP contribution in [0.25, 0.3) is 0 Å². The minimum atomic E-state index is -0.318. The maximum atomic E-state index is 10.1. The van der Waals surface area contributed by atoms with E-state index in [-0.39, 0.29) is 6.23 Å². The van der Waals surface area contributed by atoms with E-state index in [1.54, 1.807) is 0 Å². The Labute approximate surface area is 137 Å². The highest BCUT2D eigenvalue weighted by atomic mass is 16.3. The number of likely N-dealkylation sites (N-methyl/N-ethyl adjacent to an activating group) is 1. The summed E-state index contributed by atoms with van der Waals surface area (Å²) in [5, 5.41) is 10.1. The van der Waals surface area contributed by atoms with Crippen molar-refractivity contribution in [2.24, 2.45) is 4.99 Å². The van der Waals surface area contributed by atoms with E-state index in [0.29, 0.717) is 4.48 Å². The molecule has 3 heteroatoms. The molecule has 0 spiro atoms. The first-order valence-electron chi connectivity index (χ1n) is 9.37. The Morgan fingerprint density at radius 1 is 1.14 bits per heavy atom. The summed E-state index contributed by atoms with van der Waals surface area (Å²) < 4.78 is 0.712. The van der Waals surface area contributed by atoms with Crippen LogP contribution < -0.4 is 0 Å². The van der Waals surface area contributed by atoms with Gasteiger partial charge in [-0.2, -0.15) is 0 Å². The van der Waals surface area contributed by atoms with E-state index in [1.165, 1.54) is 63.6 Å². The topological polar surface area (TPSA) is 32.6 Å². The molecule has 0 aliphatic carbocycles. The summed E-state index contributed by atoms with van der Waals surface area (Å²) >= 11 is 0. The standard InChI is InChI=1S/C19H37N2O/c1-4-6-7-8-9-10-11-12-13-14-15-19-20-16-17-21(19,5-2)18(3)22/h4,18,22H,1,5-17H2,2-3H3/q+1. The van der Waals surface area contributed by atoms with Crippen LogP contribution in [0.4, 0.5) is 0 Å². The van der Waals surface area contributed by atoms with E-state index >= 15 is 0 Å². The van der Waals surface area contributed by atoms with Crippen LogP contribution in [-0.2, 0) is 0 Å². The predicted octanol–water partition coefficient (Wildman–Crippen LogP) is 4.66. The fourth-order valence-electron chi connectivity index (χ4n) is 3.57. The van der Waals surface area contributed by atoms with Crippen LogP contribution in [0.5, 0.6) is 0 Å². The Morgan fingerprint density at radius 3 is 2.27 bits per heavy atom. The van der Waals surface area contributed by atoms with Crippen LogP contribution in [0.2, 0.25) is 0 Å². The third-order valence-corrected chi connectivity index (χ3v) is 5.15. The molecule has 1 N–H and O–H groups in total. The summed E-state index contributed by atoms with van der Waals surface area (Å²) in [6.45, 7) is 10.7. The second kappa shape index (κ2) is 11.0. The van der Waals surface area contributed by atoms with Crippen LogP contribution in [0.3, 0.4) is 0 Å². The molecule has 0 radical (unpaired) electrons. The van der Waals surface area contributed by atoms with E-state index in [9.17, 15) is 5.11 Å². The lowest BCUT2D eigenvalue weighted by Gasteiger charge is -2.36. The number of aliphatic imine (C=N–C) groups is 1. The largest absolute Gasteiger partial charge is 0.345 e. The summed E-state index contributed by atoms with van der Waals surface area (Å²) in [5.41, 5.74) is 0. The summed E-state index contributed by atoms with van der Waals surface area (Å²) in [5.74, 6) is 1.24. The first-order chi connectivity index (χ1) is 10.7. The number of quaternary nitrogens is 1. The molecular weight excluding hydrogens is 272 g/mol. The van der Waals surface area contributed by atoms with Crippen molar-refractivity contribution in [1.29, 1.82) is 0 Å². The lowest BCUT2D eigenvalue weighted by molar-refractivity contribution is -0.882. The molecule has 0 aromatic carbocycles. The van der Waals surface area contributed by atoms with Gasteiger partial charge in [0.2, 0.25) is 5.84 Å². The average molecular weight is 310 g/mol. The third kappa shape index (κ3) is 5.85. The van der Waals surface area contributed by atoms with Crippen molar-refractivity contribution in [2.45, 2.75) is 84.3 Å². The number of hydrogen-bond acceptors (Lipinski definition) is 2. The molecule has 1 aliphatic heterocycles. The monoisotopic (exact) mass is 309 g/mol. The molecule has 1 rings (SSSR count). The van der Waals surface area contributed by atoms with Crippen LogP contribution in [0.1, 0.15) is 78.1 Å². The van der Waals surface area contributed by atoms with Crippen molar-refractivity contribution in [3.63, 3.8) is 0 Å². The van der Waals surface area contributed by atoms with Gasteiger partial charge in [0.1, 0.15) is 6.54 Å². The fraction of sp³-hybridized carbons (Fsp3) is 0.842. The number of aliphatic hydroxyl groups excluding tert-OH is 1. The third-order valence-electron chi connectivity index (χ3n) is 5.15. The summed E-state index contributed by atoms with van der Waals surface area (Å²) in [7, 11) is 0. The molecule has 1 heterocycles. The highest BCUT2D eigenvalue weighted by Gasteiger charge is 2.40. The summed E-state index contributed by atoms with van der Waals surface area (Å²) in [4.78, 5) is 4.68. The lowest BCUT2D eigenvalue weighted by atomic mass is 10.1. The van der Waals surface area contributed by atoms with Gasteiger partial charge < -0.3 is 5.11 Å². The second-order valence-corrected chi connectivity index (χ2v) is 6.66. The average Bonchev–Trinajstić information content (AvgIpc) is 2.93. The van der Waals surface area contributed by atoms with Gasteiger partial charge in [-0.05, 0) is 26.2 Å². The molecule has 0 aromatic heterocycles. The molecule has 22 heavy (non-hydrogen) atoms. The van der Waals surface area contributed by atoms with Crippen molar-refractivity contribution in [1.82, 2.24) is 0 Å². The Kier molecular flexibility index (Phi) is 9.65. The number of aliphatic hydroxyl groups is 1. The van der Waals surface area contributed by atoms with Crippen molar-refractivity contribution in [3.8, 4) is 0 Å². The molecule has 0 saturated carbocycles. The number of nitrogens with zero attached hydrogens (tertiary/aromatic N) is 2. The first kappa shape index (κ1) is 19.4. The Morgan fingerprint density at radius 2 is 1.73 bits per heavy atom. The van der Waals surface area contributed by atoms with Crippen LogP contribution >= 0.6 is 0 Å². The smallest absolute Gasteiger partial charge is 0.200 e. The number of amidine groups is 1. The normalized spacial score (nSPS) is 22.6. The number of allylic oxidation sites excluding steroid dienone is 1. The highest BCUT2D eigenvalue weighted by Crippen LogP contribution is 2.22. The molecule has 1 aliphatic rings. The molecule has 0 saturated heterocycles. The number of rotatable bonds is 13. The predicted molar refractivity (Wildman–Crippen MR) is 96.0 cm³/mol. The Hall–Kier alpha value is -0.670. The van der Waals surface area contributed by atoms with Gasteiger partial charge in [0.25, 0.3) is 0 Å². The van der Waals surface area contributed by atoms with Gasteiger partial charge in [0, 0.05) is 13.3 Å². The van der Waals surface area contributed by atoms with E-state index in [2.05, 4.69) is 18.5 Å². The SMILES string of the molecule is C=CCCCCCCCCCCC1=NCC[N+]1(CC)C(C)O. The second-order valence-electron chi connectivity index (χ2n) is 6.66. The zero-order valence-corrected chi connectivity index (χ0v) is 14.9. The van der Waals surface area contributed by atoms with Crippen molar-refractivity contribution < 1.29 is 9.59 Å². The van der Waals surface area contributed by atoms with E-state index in [1.807, 2.05) is 13.0 Å². The lowest BCUT2D eigenvalue weighted by Crippen LogP contribution is -2.56. The fourth-order valence-corrected chi connectivity index (χ4v) is 3.57. The number of unbranched alkanes of at least 4 members (excludes halogenated alkanes) is 8. The van der Waals surface area contributed by atoms with Gasteiger partial charge in [-0.3, -0.25) is 4.48 Å². The minimum Gasteiger partial charge on any atom is -0.345 e. The van der Waals surface area contributed by atoms with Crippen LogP contribution in [0, 0.1) is 0 Å². The Balaban J connectivity index is 2.08. The number of hydrogen-bond donors (Lipinski definition) is 1. The van der Waals surface area contributed by atoms with Gasteiger partial charge in [-0.1, -0.05) is 44.6 Å². The molecule has 2 atom stereocenters. The van der Waals surface area contributed by atoms with E-state index in [0.717, 1.165) is 26.1 Å². The molecule has 0 aromatic rings. The molecule has 0 fully saturated rings. The Bertz CT molecular complexity index is 338.